The SMILES string of the molecule is C#CC1CCC(C(=O)OC)CN1C(=O)OC(C)C. The molecule has 1 heterocycles. The second-order valence-corrected chi connectivity index (χ2v) is 4.56. The van der Waals surface area contributed by atoms with Gasteiger partial charge in [-0.3, -0.25) is 9.69 Å². The number of likely N-dealkylation sites (tertiary alicyclic amines) is 1. The summed E-state index contributed by atoms with van der Waals surface area (Å²) < 4.78 is 9.82. The molecular weight excluding hydrogens is 234 g/mol. The molecule has 0 N–H and O–H groups in total. The smallest absolute Gasteiger partial charge is 0.411 e. The van der Waals surface area contributed by atoms with Crippen molar-refractivity contribution in [3.8, 4) is 12.3 Å². The quantitative estimate of drug-likeness (QED) is 0.551. The Morgan fingerprint density at radius 3 is 2.56 bits per heavy atom. The zero-order valence-electron chi connectivity index (χ0n) is 11.0. The van der Waals surface area contributed by atoms with Gasteiger partial charge in [0.25, 0.3) is 0 Å². The Morgan fingerprint density at radius 1 is 1.39 bits per heavy atom. The van der Waals surface area contributed by atoms with Gasteiger partial charge in [0, 0.05) is 6.54 Å². The van der Waals surface area contributed by atoms with E-state index in [1.807, 2.05) is 0 Å². The molecule has 2 atom stereocenters. The van der Waals surface area contributed by atoms with Crippen LogP contribution in [0.15, 0.2) is 0 Å². The van der Waals surface area contributed by atoms with Crippen molar-refractivity contribution in [3.63, 3.8) is 0 Å². The Labute approximate surface area is 107 Å². The average Bonchev–Trinajstić information content (AvgIpc) is 2.36. The highest BCUT2D eigenvalue weighted by atomic mass is 16.6. The fraction of sp³-hybridized carbons (Fsp3) is 0.692. The van der Waals surface area contributed by atoms with Gasteiger partial charge in [-0.15, -0.1) is 6.42 Å². The lowest BCUT2D eigenvalue weighted by atomic mass is 9.93. The summed E-state index contributed by atoms with van der Waals surface area (Å²) in [6, 6.07) is -0.308. The summed E-state index contributed by atoms with van der Waals surface area (Å²) in [7, 11) is 1.34. The number of hydrogen-bond acceptors (Lipinski definition) is 4. The summed E-state index contributed by atoms with van der Waals surface area (Å²) >= 11 is 0. The van der Waals surface area contributed by atoms with Crippen LogP contribution in [0.2, 0.25) is 0 Å². The molecule has 0 radical (unpaired) electrons. The van der Waals surface area contributed by atoms with E-state index >= 15 is 0 Å². The molecule has 0 aliphatic carbocycles. The first-order valence-corrected chi connectivity index (χ1v) is 6.00. The number of methoxy groups -OCH3 is 1. The molecule has 0 saturated carbocycles. The lowest BCUT2D eigenvalue weighted by molar-refractivity contribution is -0.147. The van der Waals surface area contributed by atoms with Crippen LogP contribution in [-0.2, 0) is 14.3 Å². The molecule has 0 spiro atoms. The minimum Gasteiger partial charge on any atom is -0.469 e. The Morgan fingerprint density at radius 2 is 2.06 bits per heavy atom. The van der Waals surface area contributed by atoms with Gasteiger partial charge in [-0.05, 0) is 26.7 Å². The predicted octanol–water partition coefficient (Wildman–Crippen LogP) is 1.42. The van der Waals surface area contributed by atoms with Crippen LogP contribution in [0.3, 0.4) is 0 Å². The van der Waals surface area contributed by atoms with E-state index in [-0.39, 0.29) is 30.6 Å². The lowest BCUT2D eigenvalue weighted by Crippen LogP contribution is -2.48. The topological polar surface area (TPSA) is 55.8 Å². The van der Waals surface area contributed by atoms with Crippen LogP contribution < -0.4 is 0 Å². The first-order chi connectivity index (χ1) is 8.49. The number of ether oxygens (including phenoxy) is 2. The fourth-order valence-corrected chi connectivity index (χ4v) is 1.97. The van der Waals surface area contributed by atoms with Crippen LogP contribution >= 0.6 is 0 Å². The van der Waals surface area contributed by atoms with Crippen LogP contribution in [0, 0.1) is 18.3 Å². The summed E-state index contributed by atoms with van der Waals surface area (Å²) in [6.45, 7) is 3.79. The lowest BCUT2D eigenvalue weighted by Gasteiger charge is -2.35. The van der Waals surface area contributed by atoms with Gasteiger partial charge in [0.15, 0.2) is 0 Å². The number of carbonyl (C=O) groups excluding carboxylic acids is 2. The van der Waals surface area contributed by atoms with Crippen LogP contribution in [0.4, 0.5) is 4.79 Å². The minimum absolute atomic E-state index is 0.213. The number of esters is 1. The molecule has 0 aromatic rings. The number of hydrogen-bond donors (Lipinski definition) is 0. The van der Waals surface area contributed by atoms with E-state index in [1.54, 1.807) is 13.8 Å². The highest BCUT2D eigenvalue weighted by Crippen LogP contribution is 2.23. The van der Waals surface area contributed by atoms with Crippen molar-refractivity contribution in [2.45, 2.75) is 38.8 Å². The summed E-state index contributed by atoms with van der Waals surface area (Å²) in [4.78, 5) is 24.8. The molecule has 1 saturated heterocycles. The zero-order chi connectivity index (χ0) is 13.7. The van der Waals surface area contributed by atoms with Crippen LogP contribution in [-0.4, -0.2) is 42.8 Å². The summed E-state index contributed by atoms with van der Waals surface area (Å²) in [5, 5.41) is 0. The summed E-state index contributed by atoms with van der Waals surface area (Å²) in [5.74, 6) is 1.93. The third kappa shape index (κ3) is 3.39. The maximum Gasteiger partial charge on any atom is 0.411 e. The molecule has 1 aliphatic rings. The molecule has 18 heavy (non-hydrogen) atoms. The molecule has 5 heteroatoms. The standard InChI is InChI=1S/C13H19NO4/c1-5-11-7-6-10(12(15)17-4)8-14(11)13(16)18-9(2)3/h1,9-11H,6-8H2,2-4H3. The van der Waals surface area contributed by atoms with E-state index in [9.17, 15) is 9.59 Å². The average molecular weight is 253 g/mol. The molecule has 1 rings (SSSR count). The van der Waals surface area contributed by atoms with Crippen LogP contribution in [0.5, 0.6) is 0 Å². The number of piperidine rings is 1. The van der Waals surface area contributed by atoms with Gasteiger partial charge in [0.1, 0.15) is 0 Å². The van der Waals surface area contributed by atoms with Gasteiger partial charge < -0.3 is 9.47 Å². The number of carbonyl (C=O) groups is 2. The van der Waals surface area contributed by atoms with E-state index in [0.717, 1.165) is 0 Å². The maximum atomic E-state index is 11.9. The van der Waals surface area contributed by atoms with Crippen molar-refractivity contribution in [2.75, 3.05) is 13.7 Å². The first-order valence-electron chi connectivity index (χ1n) is 6.00. The molecule has 5 nitrogen and oxygen atoms in total. The minimum atomic E-state index is -0.471. The first kappa shape index (κ1) is 14.4. The highest BCUT2D eigenvalue weighted by Gasteiger charge is 2.35. The van der Waals surface area contributed by atoms with Crippen molar-refractivity contribution in [1.82, 2.24) is 4.90 Å². The number of terminal acetylenes is 1. The van der Waals surface area contributed by atoms with Gasteiger partial charge in [0.05, 0.1) is 25.2 Å². The number of amides is 1. The second kappa shape index (κ2) is 6.29. The van der Waals surface area contributed by atoms with E-state index in [0.29, 0.717) is 12.8 Å². The third-order valence-electron chi connectivity index (χ3n) is 2.88. The van der Waals surface area contributed by atoms with E-state index in [4.69, 9.17) is 15.9 Å². The normalized spacial score (nSPS) is 23.4. The molecule has 1 aliphatic heterocycles. The summed E-state index contributed by atoms with van der Waals surface area (Å²) in [5.41, 5.74) is 0. The molecular formula is C13H19NO4. The van der Waals surface area contributed by atoms with Crippen molar-refractivity contribution in [3.05, 3.63) is 0 Å². The van der Waals surface area contributed by atoms with Crippen LogP contribution in [0.1, 0.15) is 26.7 Å². The Bertz CT molecular complexity index is 358. The fourth-order valence-electron chi connectivity index (χ4n) is 1.97. The zero-order valence-corrected chi connectivity index (χ0v) is 11.0. The Balaban J connectivity index is 2.74. The number of rotatable bonds is 2. The Kier molecular flexibility index (Phi) is 5.02. The van der Waals surface area contributed by atoms with E-state index in [1.165, 1.54) is 12.0 Å². The van der Waals surface area contributed by atoms with Gasteiger partial charge >= 0.3 is 12.1 Å². The maximum absolute atomic E-state index is 11.9. The van der Waals surface area contributed by atoms with Crippen molar-refractivity contribution in [1.29, 1.82) is 0 Å². The van der Waals surface area contributed by atoms with Crippen molar-refractivity contribution >= 4 is 12.1 Å². The summed E-state index contributed by atoms with van der Waals surface area (Å²) in [6.07, 6.45) is 5.94. The molecule has 100 valence electrons. The van der Waals surface area contributed by atoms with Gasteiger partial charge in [0.2, 0.25) is 0 Å². The molecule has 0 bridgehead atoms. The van der Waals surface area contributed by atoms with Crippen LogP contribution in [0.25, 0.3) is 0 Å². The molecule has 1 amide bonds. The van der Waals surface area contributed by atoms with Crippen molar-refractivity contribution < 1.29 is 19.1 Å². The molecule has 0 aromatic heterocycles. The Hall–Kier alpha value is -1.70. The molecule has 0 aromatic carbocycles. The van der Waals surface area contributed by atoms with Gasteiger partial charge in [-0.1, -0.05) is 5.92 Å². The largest absolute Gasteiger partial charge is 0.469 e. The third-order valence-corrected chi connectivity index (χ3v) is 2.88. The predicted molar refractivity (Wildman–Crippen MR) is 65.7 cm³/mol. The molecule has 1 fully saturated rings. The monoisotopic (exact) mass is 253 g/mol. The van der Waals surface area contributed by atoms with Gasteiger partial charge in [-0.25, -0.2) is 4.79 Å². The molecule has 2 unspecified atom stereocenters. The highest BCUT2D eigenvalue weighted by molar-refractivity contribution is 5.75. The van der Waals surface area contributed by atoms with Gasteiger partial charge in [-0.2, -0.15) is 0 Å². The van der Waals surface area contributed by atoms with E-state index < -0.39 is 6.09 Å². The van der Waals surface area contributed by atoms with E-state index in [2.05, 4.69) is 5.92 Å². The second-order valence-electron chi connectivity index (χ2n) is 4.56. The number of nitrogens with zero attached hydrogens (tertiary/aromatic N) is 1. The van der Waals surface area contributed by atoms with Crippen molar-refractivity contribution in [2.24, 2.45) is 5.92 Å².